The fraction of sp³-hybridized carbons (Fsp3) is 0.250. The van der Waals surface area contributed by atoms with Crippen molar-refractivity contribution in [2.24, 2.45) is 0 Å². The first-order valence-electron chi connectivity index (χ1n) is 9.47. The van der Waals surface area contributed by atoms with Crippen LogP contribution < -0.4 is 0 Å². The minimum Gasteiger partial charge on any atom is -0.451 e. The lowest BCUT2D eigenvalue weighted by Crippen LogP contribution is -2.31. The Morgan fingerprint density at radius 3 is 2.34 bits per heavy atom. The highest BCUT2D eigenvalue weighted by Crippen LogP contribution is 2.29. The van der Waals surface area contributed by atoms with Gasteiger partial charge in [0.25, 0.3) is 5.91 Å². The summed E-state index contributed by atoms with van der Waals surface area (Å²) in [5.74, 6) is -0.699. The monoisotopic (exact) mass is 407 g/mol. The van der Waals surface area contributed by atoms with Gasteiger partial charge >= 0.3 is 5.97 Å². The number of esters is 1. The summed E-state index contributed by atoms with van der Waals surface area (Å²) in [7, 11) is 1.72. The lowest BCUT2D eigenvalue weighted by Gasteiger charge is -2.18. The van der Waals surface area contributed by atoms with Crippen molar-refractivity contribution in [1.82, 2.24) is 4.90 Å². The Labute approximate surface area is 175 Å². The number of thiophene rings is 1. The molecule has 0 unspecified atom stereocenters. The number of hydrogen-bond donors (Lipinski definition) is 0. The Morgan fingerprint density at radius 2 is 1.66 bits per heavy atom. The molecular weight excluding hydrogens is 382 g/mol. The van der Waals surface area contributed by atoms with Crippen LogP contribution in [0.4, 0.5) is 0 Å². The van der Waals surface area contributed by atoms with Gasteiger partial charge in [0.15, 0.2) is 6.61 Å². The largest absolute Gasteiger partial charge is 0.451 e. The summed E-state index contributed by atoms with van der Waals surface area (Å²) in [6.45, 7) is 6.30. The van der Waals surface area contributed by atoms with E-state index in [2.05, 4.69) is 6.07 Å². The number of carbonyl (C=O) groups excluding carboxylic acids is 2. The van der Waals surface area contributed by atoms with Gasteiger partial charge in [0.2, 0.25) is 0 Å². The van der Waals surface area contributed by atoms with Gasteiger partial charge in [-0.1, -0.05) is 53.6 Å². The van der Waals surface area contributed by atoms with Crippen LogP contribution >= 0.6 is 11.3 Å². The van der Waals surface area contributed by atoms with Crippen LogP contribution in [0.25, 0.3) is 11.1 Å². The number of aryl methyl sites for hydroxylation is 3. The van der Waals surface area contributed by atoms with Crippen molar-refractivity contribution >= 4 is 23.2 Å². The van der Waals surface area contributed by atoms with Crippen molar-refractivity contribution in [1.29, 1.82) is 0 Å². The Bertz CT molecular complexity index is 1020. The zero-order valence-electron chi connectivity index (χ0n) is 17.2. The molecular formula is C24H25NO3S. The highest BCUT2D eigenvalue weighted by molar-refractivity contribution is 7.12. The molecule has 29 heavy (non-hydrogen) atoms. The molecule has 0 saturated heterocycles. The number of nitrogens with zero attached hydrogens (tertiary/aromatic N) is 1. The van der Waals surface area contributed by atoms with Crippen LogP contribution in [0.2, 0.25) is 0 Å². The number of amides is 1. The quantitative estimate of drug-likeness (QED) is 0.531. The Hall–Kier alpha value is -2.92. The van der Waals surface area contributed by atoms with E-state index < -0.39 is 5.97 Å². The molecule has 0 saturated carbocycles. The molecule has 0 aliphatic heterocycles. The van der Waals surface area contributed by atoms with Gasteiger partial charge in [0, 0.05) is 19.2 Å². The zero-order chi connectivity index (χ0) is 21.0. The van der Waals surface area contributed by atoms with Gasteiger partial charge in [0.05, 0.1) is 0 Å². The molecule has 3 aromatic rings. The summed E-state index contributed by atoms with van der Waals surface area (Å²) >= 11 is 1.32. The van der Waals surface area contributed by atoms with Gasteiger partial charge in [-0.3, -0.25) is 4.79 Å². The SMILES string of the molecule is Cc1ccc(-c2ccsc2C(=O)OCC(=O)N(C)Cc2ccc(C)cc2C)cc1. The zero-order valence-corrected chi connectivity index (χ0v) is 18.0. The van der Waals surface area contributed by atoms with Crippen LogP contribution in [0.1, 0.15) is 31.9 Å². The van der Waals surface area contributed by atoms with Gasteiger partial charge in [0.1, 0.15) is 4.88 Å². The number of ether oxygens (including phenoxy) is 1. The molecule has 0 bridgehead atoms. The topological polar surface area (TPSA) is 46.6 Å². The lowest BCUT2D eigenvalue weighted by molar-refractivity contribution is -0.133. The van der Waals surface area contributed by atoms with Gasteiger partial charge in [-0.05, 0) is 48.9 Å². The molecule has 1 heterocycles. The number of rotatable bonds is 6. The number of hydrogen-bond acceptors (Lipinski definition) is 4. The maximum atomic E-state index is 12.6. The first-order valence-corrected chi connectivity index (χ1v) is 10.3. The highest BCUT2D eigenvalue weighted by atomic mass is 32.1. The second kappa shape index (κ2) is 9.05. The van der Waals surface area contributed by atoms with Crippen LogP contribution in [-0.4, -0.2) is 30.4 Å². The Kier molecular flexibility index (Phi) is 6.49. The highest BCUT2D eigenvalue weighted by Gasteiger charge is 2.19. The number of benzene rings is 2. The van der Waals surface area contributed by atoms with E-state index in [1.807, 2.05) is 68.6 Å². The average molecular weight is 408 g/mol. The summed E-state index contributed by atoms with van der Waals surface area (Å²) in [5.41, 5.74) is 6.36. The third-order valence-corrected chi connectivity index (χ3v) is 5.77. The summed E-state index contributed by atoms with van der Waals surface area (Å²) in [5, 5.41) is 1.86. The molecule has 4 nitrogen and oxygen atoms in total. The van der Waals surface area contributed by atoms with E-state index >= 15 is 0 Å². The van der Waals surface area contributed by atoms with Crippen molar-refractivity contribution in [2.75, 3.05) is 13.7 Å². The van der Waals surface area contributed by atoms with Crippen molar-refractivity contribution in [3.63, 3.8) is 0 Å². The molecule has 5 heteroatoms. The van der Waals surface area contributed by atoms with E-state index in [9.17, 15) is 9.59 Å². The summed E-state index contributed by atoms with van der Waals surface area (Å²) in [4.78, 5) is 27.1. The van der Waals surface area contributed by atoms with Crippen LogP contribution in [0.3, 0.4) is 0 Å². The van der Waals surface area contributed by atoms with Gasteiger partial charge in [-0.15, -0.1) is 11.3 Å². The first kappa shape index (κ1) is 20.8. The molecule has 0 N–H and O–H groups in total. The van der Waals surface area contributed by atoms with Crippen LogP contribution in [0.5, 0.6) is 0 Å². The third kappa shape index (κ3) is 5.12. The van der Waals surface area contributed by atoms with Gasteiger partial charge in [-0.2, -0.15) is 0 Å². The predicted octanol–water partition coefficient (Wildman–Crippen LogP) is 5.16. The summed E-state index contributed by atoms with van der Waals surface area (Å²) in [6, 6.07) is 16.0. The average Bonchev–Trinajstić information content (AvgIpc) is 3.18. The van der Waals surface area contributed by atoms with Crippen molar-refractivity contribution < 1.29 is 14.3 Å². The minimum absolute atomic E-state index is 0.230. The normalized spacial score (nSPS) is 10.6. The van der Waals surface area contributed by atoms with E-state index in [4.69, 9.17) is 4.74 Å². The van der Waals surface area contributed by atoms with E-state index in [0.29, 0.717) is 11.4 Å². The van der Waals surface area contributed by atoms with E-state index in [1.165, 1.54) is 16.9 Å². The number of carbonyl (C=O) groups is 2. The second-order valence-corrected chi connectivity index (χ2v) is 8.20. The standard InChI is InChI=1S/C24H25NO3S/c1-16-5-8-19(9-6-16)21-11-12-29-23(21)24(27)28-15-22(26)25(4)14-20-10-7-17(2)13-18(20)3/h5-13H,14-15H2,1-4H3. The summed E-state index contributed by atoms with van der Waals surface area (Å²) < 4.78 is 5.32. The molecule has 1 amide bonds. The van der Waals surface area contributed by atoms with Crippen LogP contribution in [-0.2, 0) is 16.1 Å². The Balaban J connectivity index is 1.61. The molecule has 1 aromatic heterocycles. The second-order valence-electron chi connectivity index (χ2n) is 7.29. The minimum atomic E-state index is -0.469. The third-order valence-electron chi connectivity index (χ3n) is 4.87. The molecule has 150 valence electrons. The summed E-state index contributed by atoms with van der Waals surface area (Å²) in [6.07, 6.45) is 0. The molecule has 0 aliphatic carbocycles. The number of likely N-dealkylation sites (N-methyl/N-ethyl adjacent to an activating group) is 1. The molecule has 0 aliphatic rings. The maximum absolute atomic E-state index is 12.6. The molecule has 0 atom stereocenters. The predicted molar refractivity (Wildman–Crippen MR) is 117 cm³/mol. The van der Waals surface area contributed by atoms with Gasteiger partial charge < -0.3 is 9.64 Å². The molecule has 3 rings (SSSR count). The van der Waals surface area contributed by atoms with E-state index in [0.717, 1.165) is 27.8 Å². The van der Waals surface area contributed by atoms with E-state index in [1.54, 1.807) is 11.9 Å². The van der Waals surface area contributed by atoms with E-state index in [-0.39, 0.29) is 12.5 Å². The molecule has 0 spiro atoms. The molecule has 0 fully saturated rings. The van der Waals surface area contributed by atoms with Gasteiger partial charge in [-0.25, -0.2) is 4.79 Å². The molecule has 0 radical (unpaired) electrons. The maximum Gasteiger partial charge on any atom is 0.349 e. The smallest absolute Gasteiger partial charge is 0.349 e. The van der Waals surface area contributed by atoms with Crippen LogP contribution in [0, 0.1) is 20.8 Å². The first-order chi connectivity index (χ1) is 13.8. The molecule has 2 aromatic carbocycles. The Morgan fingerprint density at radius 1 is 0.966 bits per heavy atom. The fourth-order valence-electron chi connectivity index (χ4n) is 3.10. The fourth-order valence-corrected chi connectivity index (χ4v) is 3.91. The van der Waals surface area contributed by atoms with Crippen molar-refractivity contribution in [3.8, 4) is 11.1 Å². The van der Waals surface area contributed by atoms with Crippen molar-refractivity contribution in [2.45, 2.75) is 27.3 Å². The van der Waals surface area contributed by atoms with Crippen molar-refractivity contribution in [3.05, 3.63) is 81.0 Å². The lowest BCUT2D eigenvalue weighted by atomic mass is 10.1. The van der Waals surface area contributed by atoms with Crippen LogP contribution in [0.15, 0.2) is 53.9 Å².